The first-order chi connectivity index (χ1) is 9.45. The largest absolute Gasteiger partial charge is 0.409 e. The van der Waals surface area contributed by atoms with Gasteiger partial charge in [0.25, 0.3) is 0 Å². The van der Waals surface area contributed by atoms with Gasteiger partial charge in [-0.15, -0.1) is 0 Å². The summed E-state index contributed by atoms with van der Waals surface area (Å²) in [6.07, 6.45) is 0.0173. The van der Waals surface area contributed by atoms with Gasteiger partial charge in [0.05, 0.1) is 0 Å². The highest BCUT2D eigenvalue weighted by atomic mass is 16.4. The van der Waals surface area contributed by atoms with E-state index in [4.69, 9.17) is 16.7 Å². The molecule has 7 nitrogen and oxygen atoms in total. The molecule has 108 valence electrons. The zero-order valence-electron chi connectivity index (χ0n) is 11.1. The lowest BCUT2D eigenvalue weighted by Crippen LogP contribution is -2.42. The van der Waals surface area contributed by atoms with E-state index >= 15 is 0 Å². The minimum atomic E-state index is -0.920. The molecule has 0 heterocycles. The van der Waals surface area contributed by atoms with Crippen molar-refractivity contribution in [1.82, 2.24) is 5.32 Å². The summed E-state index contributed by atoms with van der Waals surface area (Å²) >= 11 is 0. The third kappa shape index (κ3) is 4.27. The number of amides is 2. The van der Waals surface area contributed by atoms with Crippen LogP contribution in [0.25, 0.3) is 0 Å². The van der Waals surface area contributed by atoms with E-state index in [0.717, 1.165) is 0 Å². The average molecular weight is 278 g/mol. The topological polar surface area (TPSA) is 131 Å². The van der Waals surface area contributed by atoms with Crippen molar-refractivity contribution < 1.29 is 14.8 Å². The predicted molar refractivity (Wildman–Crippen MR) is 74.0 cm³/mol. The van der Waals surface area contributed by atoms with Gasteiger partial charge in [0.2, 0.25) is 11.8 Å². The fraction of sp³-hybridized carbons (Fsp3) is 0.308. The number of hydrogen-bond donors (Lipinski definition) is 4. The summed E-state index contributed by atoms with van der Waals surface area (Å²) in [5.74, 6) is -2.12. The maximum Gasteiger partial charge on any atom is 0.235 e. The molecule has 0 aromatic heterocycles. The fourth-order valence-electron chi connectivity index (χ4n) is 1.84. The summed E-state index contributed by atoms with van der Waals surface area (Å²) in [5, 5.41) is 14.3. The summed E-state index contributed by atoms with van der Waals surface area (Å²) in [6, 6.07) is 8.24. The quantitative estimate of drug-likeness (QED) is 0.250. The van der Waals surface area contributed by atoms with Gasteiger partial charge in [0.15, 0.2) is 5.84 Å². The van der Waals surface area contributed by atoms with Crippen LogP contribution in [0.4, 0.5) is 0 Å². The normalized spacial score (nSPS) is 14.3. The van der Waals surface area contributed by atoms with Gasteiger partial charge in [0.1, 0.15) is 5.92 Å². The molecule has 0 aliphatic carbocycles. The molecule has 0 spiro atoms. The van der Waals surface area contributed by atoms with Gasteiger partial charge >= 0.3 is 0 Å². The minimum absolute atomic E-state index is 0.0173. The van der Waals surface area contributed by atoms with Crippen molar-refractivity contribution in [2.75, 3.05) is 0 Å². The fourth-order valence-corrected chi connectivity index (χ4v) is 1.84. The van der Waals surface area contributed by atoms with Crippen molar-refractivity contribution in [2.45, 2.75) is 25.3 Å². The molecule has 6 N–H and O–H groups in total. The lowest BCUT2D eigenvalue weighted by atomic mass is 9.96. The van der Waals surface area contributed by atoms with E-state index in [1.165, 1.54) is 0 Å². The second-order valence-corrected chi connectivity index (χ2v) is 4.45. The maximum atomic E-state index is 12.2. The van der Waals surface area contributed by atoms with Crippen LogP contribution in [0.5, 0.6) is 0 Å². The minimum Gasteiger partial charge on any atom is -0.409 e. The second-order valence-electron chi connectivity index (χ2n) is 4.45. The predicted octanol–water partition coefficient (Wildman–Crippen LogP) is -0.103. The molecule has 0 saturated heterocycles. The molecule has 2 atom stereocenters. The van der Waals surface area contributed by atoms with E-state index < -0.39 is 23.8 Å². The molecule has 2 amide bonds. The Balaban J connectivity index is 2.90. The number of primary amides is 1. The summed E-state index contributed by atoms with van der Waals surface area (Å²) in [5.41, 5.74) is 11.2. The van der Waals surface area contributed by atoms with Crippen molar-refractivity contribution in [1.29, 1.82) is 0 Å². The third-order valence-corrected chi connectivity index (χ3v) is 2.70. The van der Waals surface area contributed by atoms with Crippen LogP contribution in [0.2, 0.25) is 0 Å². The Kier molecular flexibility index (Phi) is 5.52. The van der Waals surface area contributed by atoms with Crippen LogP contribution in [0.15, 0.2) is 35.5 Å². The molecular weight excluding hydrogens is 260 g/mol. The third-order valence-electron chi connectivity index (χ3n) is 2.70. The number of nitrogens with zero attached hydrogens (tertiary/aromatic N) is 1. The first-order valence-electron chi connectivity index (χ1n) is 6.06. The van der Waals surface area contributed by atoms with Crippen LogP contribution in [0, 0.1) is 0 Å². The lowest BCUT2D eigenvalue weighted by Gasteiger charge is -2.19. The van der Waals surface area contributed by atoms with Crippen molar-refractivity contribution in [3.8, 4) is 0 Å². The molecule has 1 rings (SSSR count). The first kappa shape index (κ1) is 15.5. The van der Waals surface area contributed by atoms with E-state index in [1.54, 1.807) is 37.3 Å². The number of nitrogens with one attached hydrogen (secondary N) is 1. The number of nitrogens with two attached hydrogens (primary N) is 2. The highest BCUT2D eigenvalue weighted by molar-refractivity contribution is 6.07. The molecule has 20 heavy (non-hydrogen) atoms. The number of carbonyl (C=O) groups excluding carboxylic acids is 2. The van der Waals surface area contributed by atoms with Gasteiger partial charge in [-0.25, -0.2) is 0 Å². The summed E-state index contributed by atoms with van der Waals surface area (Å²) in [6.45, 7) is 1.65. The summed E-state index contributed by atoms with van der Waals surface area (Å²) in [4.78, 5) is 23.0. The monoisotopic (exact) mass is 278 g/mol. The molecule has 0 bridgehead atoms. The van der Waals surface area contributed by atoms with Gasteiger partial charge in [-0.05, 0) is 12.5 Å². The summed E-state index contributed by atoms with van der Waals surface area (Å²) in [7, 11) is 0. The Bertz CT molecular complexity index is 502. The smallest absolute Gasteiger partial charge is 0.235 e. The molecule has 2 unspecified atom stereocenters. The SMILES string of the molecule is CC(CC(N)=O)NC(=O)C(/C(N)=N/O)c1ccccc1. The molecular formula is C13H18N4O3. The Morgan fingerprint density at radius 3 is 2.40 bits per heavy atom. The molecule has 0 aliphatic rings. The number of benzene rings is 1. The molecule has 0 saturated carbocycles. The van der Waals surface area contributed by atoms with Crippen LogP contribution in [0.1, 0.15) is 24.8 Å². The van der Waals surface area contributed by atoms with Crippen LogP contribution < -0.4 is 16.8 Å². The van der Waals surface area contributed by atoms with Gasteiger partial charge in [-0.3, -0.25) is 9.59 Å². The van der Waals surface area contributed by atoms with Crippen LogP contribution in [-0.2, 0) is 9.59 Å². The van der Waals surface area contributed by atoms with Crippen LogP contribution in [-0.4, -0.2) is 28.9 Å². The molecule has 7 heteroatoms. The highest BCUT2D eigenvalue weighted by Crippen LogP contribution is 2.16. The van der Waals surface area contributed by atoms with Gasteiger partial charge in [0, 0.05) is 12.5 Å². The van der Waals surface area contributed by atoms with Gasteiger partial charge in [-0.1, -0.05) is 35.5 Å². The first-order valence-corrected chi connectivity index (χ1v) is 6.06. The number of hydrogen-bond acceptors (Lipinski definition) is 4. The van der Waals surface area contributed by atoms with Crippen molar-refractivity contribution in [3.63, 3.8) is 0 Å². The molecule has 0 aliphatic heterocycles. The Hall–Kier alpha value is -2.57. The van der Waals surface area contributed by atoms with Crippen molar-refractivity contribution >= 4 is 17.6 Å². The van der Waals surface area contributed by atoms with E-state index in [1.807, 2.05) is 0 Å². The van der Waals surface area contributed by atoms with Crippen LogP contribution in [0.3, 0.4) is 0 Å². The zero-order chi connectivity index (χ0) is 15.1. The van der Waals surface area contributed by atoms with Gasteiger partial charge in [-0.2, -0.15) is 0 Å². The van der Waals surface area contributed by atoms with Crippen molar-refractivity contribution in [2.24, 2.45) is 16.6 Å². The zero-order valence-corrected chi connectivity index (χ0v) is 11.1. The van der Waals surface area contributed by atoms with E-state index in [9.17, 15) is 9.59 Å². The Morgan fingerprint density at radius 1 is 1.30 bits per heavy atom. The molecule has 1 aromatic carbocycles. The highest BCUT2D eigenvalue weighted by Gasteiger charge is 2.26. The number of rotatable bonds is 6. The van der Waals surface area contributed by atoms with E-state index in [2.05, 4.69) is 10.5 Å². The number of amidine groups is 1. The Labute approximate surface area is 116 Å². The van der Waals surface area contributed by atoms with E-state index in [-0.39, 0.29) is 12.3 Å². The molecule has 0 radical (unpaired) electrons. The Morgan fingerprint density at radius 2 is 1.90 bits per heavy atom. The van der Waals surface area contributed by atoms with Crippen molar-refractivity contribution in [3.05, 3.63) is 35.9 Å². The maximum absolute atomic E-state index is 12.2. The van der Waals surface area contributed by atoms with Crippen LogP contribution >= 0.6 is 0 Å². The average Bonchev–Trinajstić information content (AvgIpc) is 2.38. The number of carbonyl (C=O) groups is 2. The summed E-state index contributed by atoms with van der Waals surface area (Å²) < 4.78 is 0. The van der Waals surface area contributed by atoms with E-state index in [0.29, 0.717) is 5.56 Å². The molecule has 1 aromatic rings. The molecule has 0 fully saturated rings. The second kappa shape index (κ2) is 7.13. The lowest BCUT2D eigenvalue weighted by molar-refractivity contribution is -0.122. The standard InChI is InChI=1S/C13H18N4O3/c1-8(7-10(14)18)16-13(19)11(12(15)17-20)9-5-3-2-4-6-9/h2-6,8,11,20H,7H2,1H3,(H2,14,18)(H2,15,17)(H,16,19). The van der Waals surface area contributed by atoms with Gasteiger partial charge < -0.3 is 22.0 Å². The number of oxime groups is 1.